The molecule has 0 aliphatic carbocycles. The standard InChI is InChI=1S/C4H4BN3O/c5-3-4(6)8-2(9)1-7-3/h1H,(H3,6,8,9). The minimum atomic E-state index is -0.346. The molecule has 0 atom stereocenters. The Hall–Kier alpha value is -1.26. The van der Waals surface area contributed by atoms with Crippen LogP contribution in [0, 0.1) is 0 Å². The molecule has 0 saturated carbocycles. The monoisotopic (exact) mass is 121 g/mol. The number of hydrogen-bond acceptors (Lipinski definition) is 3. The van der Waals surface area contributed by atoms with Gasteiger partial charge in [0.2, 0.25) is 0 Å². The third kappa shape index (κ3) is 1.10. The summed E-state index contributed by atoms with van der Waals surface area (Å²) in [6.45, 7) is 0. The van der Waals surface area contributed by atoms with Gasteiger partial charge in [-0.25, -0.2) is 0 Å². The van der Waals surface area contributed by atoms with Gasteiger partial charge in [-0.05, 0) is 0 Å². The molecule has 2 radical (unpaired) electrons. The number of nitrogens with zero attached hydrogens (tertiary/aromatic N) is 1. The van der Waals surface area contributed by atoms with E-state index in [-0.39, 0.29) is 17.0 Å². The van der Waals surface area contributed by atoms with Gasteiger partial charge in [0.15, 0.2) is 0 Å². The number of anilines is 1. The van der Waals surface area contributed by atoms with Crippen LogP contribution in [0.15, 0.2) is 11.0 Å². The number of aromatic nitrogens is 2. The van der Waals surface area contributed by atoms with Gasteiger partial charge in [-0.3, -0.25) is 9.78 Å². The Balaban J connectivity index is 3.34. The summed E-state index contributed by atoms with van der Waals surface area (Å²) in [5, 5.41) is 0. The lowest BCUT2D eigenvalue weighted by atomic mass is 10.1. The lowest BCUT2D eigenvalue weighted by Crippen LogP contribution is -2.22. The summed E-state index contributed by atoms with van der Waals surface area (Å²) in [6.07, 6.45) is 1.08. The first kappa shape index (κ1) is 5.87. The molecular weight excluding hydrogens is 117 g/mol. The Morgan fingerprint density at radius 3 is 2.89 bits per heavy atom. The van der Waals surface area contributed by atoms with Crippen molar-refractivity contribution in [1.82, 2.24) is 9.97 Å². The van der Waals surface area contributed by atoms with Crippen molar-refractivity contribution in [2.24, 2.45) is 0 Å². The molecule has 5 heteroatoms. The van der Waals surface area contributed by atoms with Crippen LogP contribution < -0.4 is 16.9 Å². The van der Waals surface area contributed by atoms with Crippen molar-refractivity contribution in [3.8, 4) is 0 Å². The molecule has 4 nitrogen and oxygen atoms in total. The summed E-state index contributed by atoms with van der Waals surface area (Å²) in [7, 11) is 5.18. The number of hydrogen-bond donors (Lipinski definition) is 2. The number of nitrogens with two attached hydrogens (primary N) is 1. The normalized spacial score (nSPS) is 9.33. The molecule has 0 aromatic carbocycles. The molecule has 0 spiro atoms. The SMILES string of the molecule is [B]c1ncc(=O)[nH]c1N. The van der Waals surface area contributed by atoms with Gasteiger partial charge in [0.05, 0.1) is 6.20 Å². The zero-order valence-electron chi connectivity index (χ0n) is 4.59. The highest BCUT2D eigenvalue weighted by atomic mass is 16.1. The van der Waals surface area contributed by atoms with Crippen LogP contribution >= 0.6 is 0 Å². The molecular formula is C4H4BN3O. The van der Waals surface area contributed by atoms with E-state index in [0.29, 0.717) is 0 Å². The van der Waals surface area contributed by atoms with Gasteiger partial charge in [-0.2, -0.15) is 0 Å². The molecule has 9 heavy (non-hydrogen) atoms. The Labute approximate surface area is 52.5 Å². The van der Waals surface area contributed by atoms with Crippen LogP contribution in [0.3, 0.4) is 0 Å². The first-order valence-electron chi connectivity index (χ1n) is 2.30. The Kier molecular flexibility index (Phi) is 1.26. The highest BCUT2D eigenvalue weighted by Gasteiger charge is 1.90. The van der Waals surface area contributed by atoms with Gasteiger partial charge in [-0.15, -0.1) is 0 Å². The fraction of sp³-hybridized carbons (Fsp3) is 0. The second-order valence-corrected chi connectivity index (χ2v) is 1.55. The minimum absolute atomic E-state index is 0.113. The van der Waals surface area contributed by atoms with Gasteiger partial charge in [-0.1, -0.05) is 0 Å². The summed E-state index contributed by atoms with van der Waals surface area (Å²) in [4.78, 5) is 16.1. The van der Waals surface area contributed by atoms with Gasteiger partial charge < -0.3 is 10.7 Å². The van der Waals surface area contributed by atoms with Gasteiger partial charge >= 0.3 is 0 Å². The maximum Gasteiger partial charge on any atom is 0.267 e. The van der Waals surface area contributed by atoms with Crippen molar-refractivity contribution >= 4 is 19.3 Å². The Bertz CT molecular complexity index is 269. The number of nitrogen functional groups attached to an aromatic ring is 1. The molecule has 1 aromatic heterocycles. The largest absolute Gasteiger partial charge is 0.384 e. The van der Waals surface area contributed by atoms with E-state index in [1.807, 2.05) is 0 Å². The number of aromatic amines is 1. The molecule has 1 heterocycles. The third-order valence-corrected chi connectivity index (χ3v) is 0.855. The van der Waals surface area contributed by atoms with Crippen molar-refractivity contribution < 1.29 is 0 Å². The number of nitrogens with one attached hydrogen (secondary N) is 1. The van der Waals surface area contributed by atoms with Crippen LogP contribution in [0.1, 0.15) is 0 Å². The smallest absolute Gasteiger partial charge is 0.267 e. The zero-order chi connectivity index (χ0) is 6.85. The second kappa shape index (κ2) is 1.93. The van der Waals surface area contributed by atoms with E-state index in [4.69, 9.17) is 13.6 Å². The highest BCUT2D eigenvalue weighted by Crippen LogP contribution is 1.76. The molecule has 0 saturated heterocycles. The van der Waals surface area contributed by atoms with Crippen LogP contribution in [0.4, 0.5) is 5.82 Å². The molecule has 0 aliphatic heterocycles. The number of rotatable bonds is 0. The van der Waals surface area contributed by atoms with Crippen LogP contribution in [-0.4, -0.2) is 17.8 Å². The molecule has 0 bridgehead atoms. The fourth-order valence-corrected chi connectivity index (χ4v) is 0.427. The van der Waals surface area contributed by atoms with Crippen LogP contribution in [-0.2, 0) is 0 Å². The summed E-state index contributed by atoms with van der Waals surface area (Å²) in [5.41, 5.74) is 4.98. The molecule has 44 valence electrons. The van der Waals surface area contributed by atoms with Gasteiger partial charge in [0.25, 0.3) is 5.56 Å². The lowest BCUT2D eigenvalue weighted by molar-refractivity contribution is 1.18. The highest BCUT2D eigenvalue weighted by molar-refractivity contribution is 6.33. The molecule has 1 aromatic rings. The van der Waals surface area contributed by atoms with Crippen LogP contribution in [0.5, 0.6) is 0 Å². The summed E-state index contributed by atoms with van der Waals surface area (Å²) < 4.78 is 0. The topological polar surface area (TPSA) is 71.8 Å². The molecule has 3 N–H and O–H groups in total. The van der Waals surface area contributed by atoms with E-state index in [1.54, 1.807) is 0 Å². The average molecular weight is 121 g/mol. The van der Waals surface area contributed by atoms with Crippen molar-refractivity contribution in [2.45, 2.75) is 0 Å². The number of H-pyrrole nitrogens is 1. The van der Waals surface area contributed by atoms with E-state index in [1.165, 1.54) is 0 Å². The first-order valence-corrected chi connectivity index (χ1v) is 2.30. The summed E-state index contributed by atoms with van der Waals surface area (Å²) >= 11 is 0. The van der Waals surface area contributed by atoms with Crippen molar-refractivity contribution in [1.29, 1.82) is 0 Å². The van der Waals surface area contributed by atoms with Crippen LogP contribution in [0.25, 0.3) is 0 Å². The van der Waals surface area contributed by atoms with Gasteiger partial charge in [0.1, 0.15) is 13.7 Å². The second-order valence-electron chi connectivity index (χ2n) is 1.55. The predicted octanol–water partition coefficient (Wildman–Crippen LogP) is -1.85. The molecule has 1 rings (SSSR count). The first-order chi connectivity index (χ1) is 4.20. The quantitative estimate of drug-likeness (QED) is 0.395. The maximum absolute atomic E-state index is 10.4. The van der Waals surface area contributed by atoms with E-state index in [9.17, 15) is 4.79 Å². The van der Waals surface area contributed by atoms with Crippen LogP contribution in [0.2, 0.25) is 0 Å². The third-order valence-electron chi connectivity index (χ3n) is 0.855. The van der Waals surface area contributed by atoms with E-state index in [0.717, 1.165) is 6.20 Å². The maximum atomic E-state index is 10.4. The van der Waals surface area contributed by atoms with E-state index >= 15 is 0 Å². The zero-order valence-corrected chi connectivity index (χ0v) is 4.59. The Morgan fingerprint density at radius 1 is 1.78 bits per heavy atom. The van der Waals surface area contributed by atoms with Crippen molar-refractivity contribution in [3.05, 3.63) is 16.6 Å². The lowest BCUT2D eigenvalue weighted by Gasteiger charge is -1.93. The average Bonchev–Trinajstić information content (AvgIpc) is 1.80. The molecule has 0 aliphatic rings. The van der Waals surface area contributed by atoms with Gasteiger partial charge in [0, 0.05) is 5.59 Å². The summed E-state index contributed by atoms with van der Waals surface area (Å²) in [5.74, 6) is 0.113. The van der Waals surface area contributed by atoms with E-state index < -0.39 is 0 Å². The Morgan fingerprint density at radius 2 is 2.44 bits per heavy atom. The molecule has 0 fully saturated rings. The van der Waals surface area contributed by atoms with E-state index in [2.05, 4.69) is 9.97 Å². The summed E-state index contributed by atoms with van der Waals surface area (Å²) in [6, 6.07) is 0. The van der Waals surface area contributed by atoms with Crippen molar-refractivity contribution in [3.63, 3.8) is 0 Å². The molecule has 0 unspecified atom stereocenters. The minimum Gasteiger partial charge on any atom is -0.384 e. The molecule has 0 amide bonds. The predicted molar refractivity (Wildman–Crippen MR) is 34.7 cm³/mol. The van der Waals surface area contributed by atoms with Crippen molar-refractivity contribution in [2.75, 3.05) is 5.73 Å². The fourth-order valence-electron chi connectivity index (χ4n) is 0.427.